The highest BCUT2D eigenvalue weighted by Crippen LogP contribution is 2.24. The number of rotatable bonds is 15. The van der Waals surface area contributed by atoms with Gasteiger partial charge in [-0.2, -0.15) is 5.26 Å². The summed E-state index contributed by atoms with van der Waals surface area (Å²) in [6.07, 6.45) is 6.64. The number of ether oxygens (including phenoxy) is 1. The molecule has 0 spiro atoms. The van der Waals surface area contributed by atoms with E-state index in [4.69, 9.17) is 9.88 Å². The van der Waals surface area contributed by atoms with Crippen molar-refractivity contribution in [2.75, 3.05) is 26.2 Å². The minimum absolute atomic E-state index is 0.0140. The molecule has 3 rings (SSSR count). The zero-order valence-electron chi connectivity index (χ0n) is 23.7. The third kappa shape index (κ3) is 9.89. The van der Waals surface area contributed by atoms with E-state index in [1.807, 2.05) is 24.3 Å². The first-order valence-corrected chi connectivity index (χ1v) is 15.8. The van der Waals surface area contributed by atoms with Crippen LogP contribution in [0.2, 0.25) is 0 Å². The van der Waals surface area contributed by atoms with E-state index in [1.54, 1.807) is 12.1 Å². The van der Waals surface area contributed by atoms with Crippen molar-refractivity contribution in [2.45, 2.75) is 82.3 Å². The molecule has 0 bridgehead atoms. The number of nitriles is 1. The van der Waals surface area contributed by atoms with Crippen molar-refractivity contribution < 1.29 is 17.9 Å². The Morgan fingerprint density at radius 3 is 2.10 bits per heavy atom. The summed E-state index contributed by atoms with van der Waals surface area (Å²) in [6, 6.07) is 15.5. The molecule has 1 amide bonds. The van der Waals surface area contributed by atoms with Gasteiger partial charge >= 0.3 is 0 Å². The summed E-state index contributed by atoms with van der Waals surface area (Å²) in [5.74, 6) is 1.17. The number of carbonyl (C=O) groups excluding carboxylic acids is 1. The van der Waals surface area contributed by atoms with Crippen LogP contribution in [0.25, 0.3) is 0 Å². The molecule has 1 aliphatic heterocycles. The van der Waals surface area contributed by atoms with Crippen molar-refractivity contribution in [3.8, 4) is 17.6 Å². The number of primary sulfonamides is 1. The molecule has 40 heavy (non-hydrogen) atoms. The van der Waals surface area contributed by atoms with E-state index in [0.29, 0.717) is 17.9 Å². The Bertz CT molecular complexity index is 1200. The molecular weight excluding hydrogens is 526 g/mol. The van der Waals surface area contributed by atoms with Crippen molar-refractivity contribution in [1.82, 2.24) is 15.1 Å². The molecule has 0 aromatic heterocycles. The Kier molecular flexibility index (Phi) is 12.4. The Labute approximate surface area is 239 Å². The Morgan fingerprint density at radius 1 is 0.950 bits per heavy atom. The highest BCUT2D eigenvalue weighted by atomic mass is 32.2. The van der Waals surface area contributed by atoms with Crippen LogP contribution in [-0.2, 0) is 21.4 Å². The van der Waals surface area contributed by atoms with Gasteiger partial charge in [-0.1, -0.05) is 58.1 Å². The molecule has 2 unspecified atom stereocenters. The van der Waals surface area contributed by atoms with Crippen molar-refractivity contribution in [3.63, 3.8) is 0 Å². The second kappa shape index (κ2) is 15.7. The third-order valence-electron chi connectivity index (χ3n) is 7.27. The highest BCUT2D eigenvalue weighted by Gasteiger charge is 2.29. The van der Waals surface area contributed by atoms with Crippen molar-refractivity contribution in [3.05, 3.63) is 54.1 Å². The van der Waals surface area contributed by atoms with Crippen LogP contribution in [0.3, 0.4) is 0 Å². The van der Waals surface area contributed by atoms with E-state index in [1.165, 1.54) is 12.1 Å². The van der Waals surface area contributed by atoms with Gasteiger partial charge in [0, 0.05) is 32.7 Å². The highest BCUT2D eigenvalue weighted by molar-refractivity contribution is 7.89. The molecule has 218 valence electrons. The standard InChI is InChI=1S/C30H43N5O4S/c1-3-5-7-8-25(22-31)33-30(36)29(9-6-4-2)35-20-18-34(19-21-35)23-24-10-12-26(13-11-24)39-27-14-16-28(17-15-27)40(32,37)38/h10-17,25,29H,3-9,18-21,23H2,1-2H3,(H,33,36)(H2,32,37,38). The van der Waals surface area contributed by atoms with Gasteiger partial charge in [0.15, 0.2) is 0 Å². The first-order chi connectivity index (χ1) is 19.2. The summed E-state index contributed by atoms with van der Waals surface area (Å²) < 4.78 is 28.7. The van der Waals surface area contributed by atoms with E-state index in [0.717, 1.165) is 76.8 Å². The predicted molar refractivity (Wildman–Crippen MR) is 156 cm³/mol. The van der Waals surface area contributed by atoms with Crippen molar-refractivity contribution in [1.29, 1.82) is 5.26 Å². The number of sulfonamides is 1. The average Bonchev–Trinajstić information content (AvgIpc) is 2.94. The van der Waals surface area contributed by atoms with Gasteiger partial charge in [-0.05, 0) is 54.8 Å². The van der Waals surface area contributed by atoms with Crippen molar-refractivity contribution >= 4 is 15.9 Å². The van der Waals surface area contributed by atoms with E-state index in [9.17, 15) is 18.5 Å². The van der Waals surface area contributed by atoms with Crippen LogP contribution in [0.1, 0.15) is 64.4 Å². The smallest absolute Gasteiger partial charge is 0.238 e. The molecule has 9 nitrogen and oxygen atoms in total. The van der Waals surface area contributed by atoms with Gasteiger partial charge in [0.25, 0.3) is 0 Å². The molecule has 0 radical (unpaired) electrons. The van der Waals surface area contributed by atoms with Crippen molar-refractivity contribution in [2.24, 2.45) is 5.14 Å². The molecule has 10 heteroatoms. The van der Waals surface area contributed by atoms with Gasteiger partial charge < -0.3 is 10.1 Å². The number of carbonyl (C=O) groups is 1. The monoisotopic (exact) mass is 569 g/mol. The predicted octanol–water partition coefficient (Wildman–Crippen LogP) is 4.39. The van der Waals surface area contributed by atoms with E-state index in [-0.39, 0.29) is 16.8 Å². The Hall–Kier alpha value is -2.97. The molecule has 0 saturated carbocycles. The molecule has 0 aliphatic carbocycles. The fourth-order valence-electron chi connectivity index (χ4n) is 4.90. The number of nitrogens with two attached hydrogens (primary N) is 1. The molecule has 1 fully saturated rings. The molecule has 1 aliphatic rings. The lowest BCUT2D eigenvalue weighted by molar-refractivity contribution is -0.128. The Balaban J connectivity index is 1.50. The molecule has 1 heterocycles. The van der Waals surface area contributed by atoms with Crippen LogP contribution in [-0.4, -0.2) is 62.4 Å². The largest absolute Gasteiger partial charge is 0.457 e. The maximum absolute atomic E-state index is 13.2. The summed E-state index contributed by atoms with van der Waals surface area (Å²) in [5.41, 5.74) is 1.16. The van der Waals surface area contributed by atoms with Gasteiger partial charge in [-0.3, -0.25) is 14.6 Å². The van der Waals surface area contributed by atoms with E-state index < -0.39 is 16.1 Å². The number of nitrogens with zero attached hydrogens (tertiary/aromatic N) is 3. The van der Waals surface area contributed by atoms with Crippen LogP contribution in [0, 0.1) is 11.3 Å². The fourth-order valence-corrected chi connectivity index (χ4v) is 5.42. The minimum atomic E-state index is -3.73. The normalized spacial score (nSPS) is 16.1. The second-order valence-electron chi connectivity index (χ2n) is 10.4. The summed E-state index contributed by atoms with van der Waals surface area (Å²) in [6.45, 7) is 8.42. The van der Waals surface area contributed by atoms with Crippen LogP contribution in [0.4, 0.5) is 0 Å². The number of piperazine rings is 1. The summed E-state index contributed by atoms with van der Waals surface area (Å²) in [5, 5.41) is 17.7. The van der Waals surface area contributed by atoms with Gasteiger partial charge in [0.05, 0.1) is 17.0 Å². The summed E-state index contributed by atoms with van der Waals surface area (Å²) >= 11 is 0. The zero-order valence-corrected chi connectivity index (χ0v) is 24.5. The van der Waals surface area contributed by atoms with Crippen LogP contribution in [0.15, 0.2) is 53.4 Å². The number of benzene rings is 2. The molecular formula is C30H43N5O4S. The quantitative estimate of drug-likeness (QED) is 0.304. The van der Waals surface area contributed by atoms with Gasteiger partial charge in [0.1, 0.15) is 17.5 Å². The summed E-state index contributed by atoms with van der Waals surface area (Å²) in [4.78, 5) is 17.9. The van der Waals surface area contributed by atoms with Gasteiger partial charge in [0.2, 0.25) is 15.9 Å². The fraction of sp³-hybridized carbons (Fsp3) is 0.533. The lowest BCUT2D eigenvalue weighted by Gasteiger charge is -2.39. The molecule has 2 aromatic carbocycles. The number of nitrogens with one attached hydrogen (secondary N) is 1. The number of amides is 1. The maximum atomic E-state index is 13.2. The van der Waals surface area contributed by atoms with Crippen LogP contribution < -0.4 is 15.2 Å². The van der Waals surface area contributed by atoms with E-state index >= 15 is 0 Å². The number of hydrogen-bond acceptors (Lipinski definition) is 7. The lowest BCUT2D eigenvalue weighted by Crippen LogP contribution is -2.55. The summed E-state index contributed by atoms with van der Waals surface area (Å²) in [7, 11) is -3.73. The molecule has 1 saturated heterocycles. The maximum Gasteiger partial charge on any atom is 0.238 e. The number of hydrogen-bond donors (Lipinski definition) is 2. The zero-order chi connectivity index (χ0) is 29.0. The lowest BCUT2D eigenvalue weighted by atomic mass is 10.0. The van der Waals surface area contributed by atoms with Crippen LogP contribution in [0.5, 0.6) is 11.5 Å². The average molecular weight is 570 g/mol. The first-order valence-electron chi connectivity index (χ1n) is 14.3. The topological polar surface area (TPSA) is 129 Å². The molecule has 3 N–H and O–H groups in total. The van der Waals surface area contributed by atoms with Gasteiger partial charge in [-0.15, -0.1) is 0 Å². The number of unbranched alkanes of at least 4 members (excludes halogenated alkanes) is 3. The minimum Gasteiger partial charge on any atom is -0.457 e. The first kappa shape index (κ1) is 31.6. The van der Waals surface area contributed by atoms with Crippen LogP contribution >= 0.6 is 0 Å². The van der Waals surface area contributed by atoms with E-state index in [2.05, 4.69) is 35.0 Å². The molecule has 2 aromatic rings. The Morgan fingerprint density at radius 2 is 1.55 bits per heavy atom. The second-order valence-corrected chi connectivity index (χ2v) is 12.0. The molecule has 2 atom stereocenters. The van der Waals surface area contributed by atoms with Gasteiger partial charge in [-0.25, -0.2) is 13.6 Å². The third-order valence-corrected chi connectivity index (χ3v) is 8.20. The SMILES string of the molecule is CCCCCC(C#N)NC(=O)C(CCCC)N1CCN(Cc2ccc(Oc3ccc(S(N)(=O)=O)cc3)cc2)CC1.